The smallest absolute Gasteiger partial charge is 0.277 e. The Balaban J connectivity index is 1.20. The van der Waals surface area contributed by atoms with Crippen LogP contribution in [0.15, 0.2) is 58.2 Å². The summed E-state index contributed by atoms with van der Waals surface area (Å²) in [6.45, 7) is 3.96. The summed E-state index contributed by atoms with van der Waals surface area (Å²) in [6, 6.07) is 15.6. The van der Waals surface area contributed by atoms with E-state index in [1.165, 1.54) is 17.3 Å². The fourth-order valence-electron chi connectivity index (χ4n) is 3.55. The van der Waals surface area contributed by atoms with Crippen molar-refractivity contribution in [1.82, 2.24) is 20.0 Å². The zero-order valence-electron chi connectivity index (χ0n) is 17.9. The number of methoxy groups -OCH3 is 1. The molecule has 1 aromatic heterocycles. The van der Waals surface area contributed by atoms with Crippen LogP contribution in [0.1, 0.15) is 17.0 Å². The van der Waals surface area contributed by atoms with Crippen LogP contribution in [0.25, 0.3) is 0 Å². The predicted molar refractivity (Wildman–Crippen MR) is 124 cm³/mol. The van der Waals surface area contributed by atoms with E-state index in [0.717, 1.165) is 36.0 Å². The van der Waals surface area contributed by atoms with E-state index in [9.17, 15) is 4.79 Å². The van der Waals surface area contributed by atoms with Crippen molar-refractivity contribution in [1.29, 1.82) is 0 Å². The first kappa shape index (κ1) is 22.6. The van der Waals surface area contributed by atoms with Crippen LogP contribution in [0.3, 0.4) is 0 Å². The van der Waals surface area contributed by atoms with Gasteiger partial charge < -0.3 is 14.1 Å². The molecule has 2 aromatic carbocycles. The molecule has 0 spiro atoms. The Labute approximate surface area is 196 Å². The van der Waals surface area contributed by atoms with Crippen molar-refractivity contribution >= 4 is 29.3 Å². The third-order valence-corrected chi connectivity index (χ3v) is 6.34. The number of benzene rings is 2. The van der Waals surface area contributed by atoms with E-state index in [0.29, 0.717) is 36.4 Å². The van der Waals surface area contributed by atoms with Crippen LogP contribution in [-0.4, -0.2) is 64.9 Å². The standard InChI is InChI=1S/C23H25ClN4O3S/c1-30-20-7-5-17(6-8-20)14-21-25-26-23(31-21)32-16-22(29)28-11-9-27(10-12-28)15-18-3-2-4-19(24)13-18/h2-8,13H,9-12,14-16H2,1H3. The van der Waals surface area contributed by atoms with Gasteiger partial charge in [0.1, 0.15) is 5.75 Å². The first-order chi connectivity index (χ1) is 15.6. The summed E-state index contributed by atoms with van der Waals surface area (Å²) in [5.41, 5.74) is 2.24. The highest BCUT2D eigenvalue weighted by Crippen LogP contribution is 2.20. The van der Waals surface area contributed by atoms with Gasteiger partial charge in [0.05, 0.1) is 19.3 Å². The van der Waals surface area contributed by atoms with Gasteiger partial charge in [-0.3, -0.25) is 9.69 Å². The lowest BCUT2D eigenvalue weighted by molar-refractivity contribution is -0.130. The van der Waals surface area contributed by atoms with Crippen molar-refractivity contribution in [3.05, 3.63) is 70.6 Å². The molecule has 2 heterocycles. The van der Waals surface area contributed by atoms with Crippen LogP contribution >= 0.6 is 23.4 Å². The van der Waals surface area contributed by atoms with Crippen LogP contribution in [0.4, 0.5) is 0 Å². The highest BCUT2D eigenvalue weighted by atomic mass is 35.5. The van der Waals surface area contributed by atoms with Gasteiger partial charge in [-0.25, -0.2) is 0 Å². The van der Waals surface area contributed by atoms with Gasteiger partial charge in [0.15, 0.2) is 0 Å². The van der Waals surface area contributed by atoms with Crippen LogP contribution < -0.4 is 4.74 Å². The minimum atomic E-state index is 0.0901. The van der Waals surface area contributed by atoms with Crippen LogP contribution in [0.5, 0.6) is 5.75 Å². The summed E-state index contributed by atoms with van der Waals surface area (Å²) in [6.07, 6.45) is 0.542. The summed E-state index contributed by atoms with van der Waals surface area (Å²) in [5, 5.41) is 9.32. The molecule has 0 radical (unpaired) electrons. The number of nitrogens with zero attached hydrogens (tertiary/aromatic N) is 4. The predicted octanol–water partition coefficient (Wildman–Crippen LogP) is 3.76. The van der Waals surface area contributed by atoms with Crippen molar-refractivity contribution < 1.29 is 13.9 Å². The Hall–Kier alpha value is -2.55. The lowest BCUT2D eigenvalue weighted by Gasteiger charge is -2.34. The number of hydrogen-bond acceptors (Lipinski definition) is 7. The van der Waals surface area contributed by atoms with Crippen molar-refractivity contribution in [2.24, 2.45) is 0 Å². The molecule has 1 amide bonds. The first-order valence-electron chi connectivity index (χ1n) is 10.4. The van der Waals surface area contributed by atoms with Crippen molar-refractivity contribution in [2.75, 3.05) is 39.0 Å². The Morgan fingerprint density at radius 3 is 2.59 bits per heavy atom. The summed E-state index contributed by atoms with van der Waals surface area (Å²) < 4.78 is 10.9. The molecule has 0 N–H and O–H groups in total. The lowest BCUT2D eigenvalue weighted by atomic mass is 10.1. The first-order valence-corrected chi connectivity index (χ1v) is 11.8. The average molecular weight is 473 g/mol. The Kier molecular flexibility index (Phi) is 7.68. The molecule has 168 valence electrons. The van der Waals surface area contributed by atoms with E-state index in [1.54, 1.807) is 7.11 Å². The van der Waals surface area contributed by atoms with E-state index < -0.39 is 0 Å². The number of halogens is 1. The molecule has 1 fully saturated rings. The molecule has 9 heteroatoms. The van der Waals surface area contributed by atoms with E-state index in [-0.39, 0.29) is 5.91 Å². The highest BCUT2D eigenvalue weighted by molar-refractivity contribution is 7.99. The van der Waals surface area contributed by atoms with Gasteiger partial charge in [0.25, 0.3) is 5.22 Å². The van der Waals surface area contributed by atoms with Gasteiger partial charge in [-0.1, -0.05) is 47.6 Å². The number of aromatic nitrogens is 2. The fraction of sp³-hybridized carbons (Fsp3) is 0.348. The topological polar surface area (TPSA) is 71.7 Å². The van der Waals surface area contributed by atoms with Crippen LogP contribution in [0.2, 0.25) is 5.02 Å². The molecule has 3 aromatic rings. The molecular weight excluding hydrogens is 448 g/mol. The molecule has 0 saturated carbocycles. The summed E-state index contributed by atoms with van der Waals surface area (Å²) >= 11 is 7.36. The molecule has 32 heavy (non-hydrogen) atoms. The van der Waals surface area contributed by atoms with E-state index in [2.05, 4.69) is 21.2 Å². The van der Waals surface area contributed by atoms with Crippen LogP contribution in [-0.2, 0) is 17.8 Å². The molecule has 0 bridgehead atoms. The van der Waals surface area contributed by atoms with Gasteiger partial charge in [0.2, 0.25) is 11.8 Å². The number of carbonyl (C=O) groups is 1. The van der Waals surface area contributed by atoms with Gasteiger partial charge >= 0.3 is 0 Å². The Bertz CT molecular complexity index is 1040. The maximum absolute atomic E-state index is 12.6. The number of ether oxygens (including phenoxy) is 1. The molecule has 4 rings (SSSR count). The van der Waals surface area contributed by atoms with E-state index in [1.807, 2.05) is 47.4 Å². The van der Waals surface area contributed by atoms with Gasteiger partial charge in [-0.15, -0.1) is 10.2 Å². The Morgan fingerprint density at radius 2 is 1.88 bits per heavy atom. The maximum Gasteiger partial charge on any atom is 0.277 e. The van der Waals surface area contributed by atoms with E-state index >= 15 is 0 Å². The Morgan fingerprint density at radius 1 is 1.09 bits per heavy atom. The quantitative estimate of drug-likeness (QED) is 0.462. The van der Waals surface area contributed by atoms with Gasteiger partial charge in [-0.05, 0) is 35.4 Å². The molecule has 1 saturated heterocycles. The SMILES string of the molecule is COc1ccc(Cc2nnc(SCC(=O)N3CCN(Cc4cccc(Cl)c4)CC3)o2)cc1. The number of rotatable bonds is 8. The van der Waals surface area contributed by atoms with Crippen molar-refractivity contribution in [3.8, 4) is 5.75 Å². The third kappa shape index (κ3) is 6.25. The lowest BCUT2D eigenvalue weighted by Crippen LogP contribution is -2.48. The largest absolute Gasteiger partial charge is 0.497 e. The minimum Gasteiger partial charge on any atom is -0.497 e. The molecule has 0 atom stereocenters. The number of hydrogen-bond donors (Lipinski definition) is 0. The van der Waals surface area contributed by atoms with E-state index in [4.69, 9.17) is 20.8 Å². The number of carbonyl (C=O) groups excluding carboxylic acids is 1. The monoisotopic (exact) mass is 472 g/mol. The zero-order chi connectivity index (χ0) is 22.3. The number of thioether (sulfide) groups is 1. The number of amides is 1. The average Bonchev–Trinajstić information content (AvgIpc) is 3.26. The van der Waals surface area contributed by atoms with Crippen LogP contribution in [0, 0.1) is 0 Å². The number of piperazine rings is 1. The normalized spacial score (nSPS) is 14.5. The maximum atomic E-state index is 12.6. The highest BCUT2D eigenvalue weighted by Gasteiger charge is 2.22. The minimum absolute atomic E-state index is 0.0901. The van der Waals surface area contributed by atoms with Gasteiger partial charge in [0, 0.05) is 37.7 Å². The zero-order valence-corrected chi connectivity index (χ0v) is 19.4. The summed E-state index contributed by atoms with van der Waals surface area (Å²) in [5.74, 6) is 1.71. The molecule has 0 unspecified atom stereocenters. The van der Waals surface area contributed by atoms with Crippen molar-refractivity contribution in [2.45, 2.75) is 18.2 Å². The fourth-order valence-corrected chi connectivity index (χ4v) is 4.45. The second kappa shape index (κ2) is 10.8. The summed E-state index contributed by atoms with van der Waals surface area (Å²) in [4.78, 5) is 16.8. The molecule has 1 aliphatic rings. The second-order valence-electron chi connectivity index (χ2n) is 7.56. The van der Waals surface area contributed by atoms with Crippen molar-refractivity contribution in [3.63, 3.8) is 0 Å². The molecular formula is C23H25ClN4O3S. The third-order valence-electron chi connectivity index (χ3n) is 5.30. The molecule has 0 aliphatic carbocycles. The second-order valence-corrected chi connectivity index (χ2v) is 8.93. The summed E-state index contributed by atoms with van der Waals surface area (Å²) in [7, 11) is 1.64. The van der Waals surface area contributed by atoms with Gasteiger partial charge in [-0.2, -0.15) is 0 Å². The molecule has 1 aliphatic heterocycles. The molecule has 7 nitrogen and oxygen atoms in total.